The number of nitrogens with one attached hydrogen (secondary N) is 2. The fourth-order valence-corrected chi connectivity index (χ4v) is 4.09. The van der Waals surface area contributed by atoms with Gasteiger partial charge in [0.15, 0.2) is 16.5 Å². The maximum absolute atomic E-state index is 12.7. The Morgan fingerprint density at radius 2 is 1.78 bits per heavy atom. The van der Waals surface area contributed by atoms with Crippen molar-refractivity contribution in [2.45, 2.75) is 27.2 Å². The van der Waals surface area contributed by atoms with Crippen LogP contribution in [0.3, 0.4) is 0 Å². The lowest BCUT2D eigenvalue weighted by atomic mass is 10.1. The van der Waals surface area contributed by atoms with E-state index in [9.17, 15) is 4.79 Å². The van der Waals surface area contributed by atoms with Crippen LogP contribution in [0.5, 0.6) is 0 Å². The lowest BCUT2D eigenvalue weighted by molar-refractivity contribution is 0.0951. The van der Waals surface area contributed by atoms with Gasteiger partial charge in [-0.05, 0) is 97.7 Å². The monoisotopic (exact) mass is 495 g/mol. The molecule has 0 aliphatic rings. The molecule has 180 valence electrons. The van der Waals surface area contributed by atoms with Gasteiger partial charge in [0, 0.05) is 16.8 Å². The highest BCUT2D eigenvalue weighted by Crippen LogP contribution is 2.27. The molecule has 3 aromatic carbocycles. The van der Waals surface area contributed by atoms with Crippen LogP contribution in [0.15, 0.2) is 81.6 Å². The number of furan rings is 1. The number of hydrogen-bond acceptors (Lipinski definition) is 5. The van der Waals surface area contributed by atoms with Gasteiger partial charge in [-0.3, -0.25) is 10.1 Å². The van der Waals surface area contributed by atoms with Crippen molar-refractivity contribution in [3.05, 3.63) is 95.2 Å². The van der Waals surface area contributed by atoms with Crippen molar-refractivity contribution in [1.29, 1.82) is 0 Å². The maximum atomic E-state index is 12.7. The number of nitrogens with zero attached hydrogens (tertiary/aromatic N) is 1. The van der Waals surface area contributed by atoms with Crippen molar-refractivity contribution in [1.82, 2.24) is 10.3 Å². The van der Waals surface area contributed by atoms with Gasteiger partial charge in [0.05, 0.1) is 0 Å². The van der Waals surface area contributed by atoms with Gasteiger partial charge in [-0.25, -0.2) is 4.98 Å². The number of carbonyl (C=O) groups is 1. The van der Waals surface area contributed by atoms with Crippen LogP contribution < -0.4 is 10.6 Å². The van der Waals surface area contributed by atoms with Gasteiger partial charge >= 0.3 is 0 Å². The minimum absolute atomic E-state index is 0.159. The van der Waals surface area contributed by atoms with E-state index in [1.54, 1.807) is 12.1 Å². The fourth-order valence-electron chi connectivity index (χ4n) is 3.88. The van der Waals surface area contributed by atoms with Crippen molar-refractivity contribution in [3.8, 4) is 22.8 Å². The van der Waals surface area contributed by atoms with Crippen molar-refractivity contribution >= 4 is 40.0 Å². The normalized spacial score (nSPS) is 11.0. The summed E-state index contributed by atoms with van der Waals surface area (Å²) in [4.78, 5) is 17.3. The molecule has 0 atom stereocenters. The highest BCUT2D eigenvalue weighted by atomic mass is 32.1. The molecule has 0 spiro atoms. The number of aryl methyl sites for hydroxylation is 3. The molecule has 7 heteroatoms. The van der Waals surface area contributed by atoms with Crippen LogP contribution in [-0.4, -0.2) is 16.0 Å². The lowest BCUT2D eigenvalue weighted by Crippen LogP contribution is -2.33. The number of hydrogen-bond donors (Lipinski definition) is 2. The van der Waals surface area contributed by atoms with Gasteiger partial charge in [-0.15, -0.1) is 0 Å². The second-order valence-corrected chi connectivity index (χ2v) is 9.03. The first-order valence-corrected chi connectivity index (χ1v) is 12.1. The van der Waals surface area contributed by atoms with Crippen LogP contribution in [0.25, 0.3) is 33.9 Å². The van der Waals surface area contributed by atoms with E-state index in [4.69, 9.17) is 21.1 Å². The van der Waals surface area contributed by atoms with Crippen molar-refractivity contribution in [2.24, 2.45) is 0 Å². The molecular weight excluding hydrogens is 470 g/mol. The van der Waals surface area contributed by atoms with Gasteiger partial charge in [-0.2, -0.15) is 0 Å². The zero-order chi connectivity index (χ0) is 25.2. The SMILES string of the molecule is CCc1ccc2oc(-c3cccc(NC(=S)NC(=O)c4ccc(-c5ccc(C)c(C)c5)o4)c3)nc2c1. The third-order valence-electron chi connectivity index (χ3n) is 6.08. The van der Waals surface area contributed by atoms with Gasteiger partial charge in [0.1, 0.15) is 11.3 Å². The third kappa shape index (κ3) is 4.92. The van der Waals surface area contributed by atoms with E-state index in [0.717, 1.165) is 34.2 Å². The molecule has 6 nitrogen and oxygen atoms in total. The predicted molar refractivity (Wildman–Crippen MR) is 146 cm³/mol. The van der Waals surface area contributed by atoms with E-state index < -0.39 is 5.91 Å². The fraction of sp³-hybridized carbons (Fsp3) is 0.138. The Morgan fingerprint density at radius 3 is 2.58 bits per heavy atom. The highest BCUT2D eigenvalue weighted by Gasteiger charge is 2.15. The summed E-state index contributed by atoms with van der Waals surface area (Å²) in [6.07, 6.45) is 0.936. The number of rotatable bonds is 5. The standard InChI is InChI=1S/C29H25N3O3S/c1-4-19-9-11-25-23(15-19)31-28(35-25)21-6-5-7-22(16-21)30-29(36)32-27(33)26-13-12-24(34-26)20-10-8-17(2)18(3)14-20/h5-16H,4H2,1-3H3,(H2,30,32,33,36). The van der Waals surface area contributed by atoms with Crippen molar-refractivity contribution in [3.63, 3.8) is 0 Å². The number of thiocarbonyl (C=S) groups is 1. The molecule has 0 unspecified atom stereocenters. The molecule has 0 fully saturated rings. The molecule has 2 heterocycles. The highest BCUT2D eigenvalue weighted by molar-refractivity contribution is 7.80. The number of oxazole rings is 1. The van der Waals surface area contributed by atoms with Crippen LogP contribution in [0.2, 0.25) is 0 Å². The Balaban J connectivity index is 1.26. The molecule has 0 aliphatic heterocycles. The first-order valence-electron chi connectivity index (χ1n) is 11.7. The molecule has 0 radical (unpaired) electrons. The van der Waals surface area contributed by atoms with Gasteiger partial charge in [0.25, 0.3) is 5.91 Å². The average Bonchev–Trinajstić information content (AvgIpc) is 3.53. The largest absolute Gasteiger partial charge is 0.451 e. The maximum Gasteiger partial charge on any atom is 0.293 e. The summed E-state index contributed by atoms with van der Waals surface area (Å²) in [5.74, 6) is 0.897. The Kier molecular flexibility index (Phi) is 6.40. The summed E-state index contributed by atoms with van der Waals surface area (Å²) < 4.78 is 11.7. The molecule has 0 aliphatic carbocycles. The molecule has 0 bridgehead atoms. The minimum atomic E-state index is -0.426. The number of amides is 1. The number of aromatic nitrogens is 1. The topological polar surface area (TPSA) is 80.3 Å². The molecule has 0 saturated carbocycles. The molecule has 2 N–H and O–H groups in total. The quantitative estimate of drug-likeness (QED) is 0.254. The molecule has 5 rings (SSSR count). The zero-order valence-electron chi connectivity index (χ0n) is 20.2. The van der Waals surface area contributed by atoms with Crippen molar-refractivity contribution in [2.75, 3.05) is 5.32 Å². The van der Waals surface area contributed by atoms with Crippen LogP contribution in [-0.2, 0) is 6.42 Å². The Hall–Kier alpha value is -4.23. The first-order chi connectivity index (χ1) is 17.4. The minimum Gasteiger partial charge on any atom is -0.451 e. The summed E-state index contributed by atoms with van der Waals surface area (Å²) in [7, 11) is 0. The van der Waals surface area contributed by atoms with Gasteiger partial charge < -0.3 is 14.2 Å². The van der Waals surface area contributed by atoms with Crippen LogP contribution >= 0.6 is 12.2 Å². The van der Waals surface area contributed by atoms with Crippen molar-refractivity contribution < 1.29 is 13.6 Å². The summed E-state index contributed by atoms with van der Waals surface area (Å²) in [6, 6.07) is 23.0. The van der Waals surface area contributed by atoms with Gasteiger partial charge in [0.2, 0.25) is 5.89 Å². The Labute approximate surface area is 214 Å². The van der Waals surface area contributed by atoms with E-state index in [1.165, 1.54) is 11.1 Å². The second-order valence-electron chi connectivity index (χ2n) is 8.63. The molecule has 1 amide bonds. The molecule has 2 aromatic heterocycles. The van der Waals surface area contributed by atoms with Crippen LogP contribution in [0.1, 0.15) is 34.2 Å². The molecule has 0 saturated heterocycles. The first kappa shape index (κ1) is 23.5. The summed E-state index contributed by atoms with van der Waals surface area (Å²) in [5, 5.41) is 5.88. The number of anilines is 1. The second kappa shape index (κ2) is 9.79. The molecule has 36 heavy (non-hydrogen) atoms. The van der Waals surface area contributed by atoms with Crippen LogP contribution in [0.4, 0.5) is 5.69 Å². The third-order valence-corrected chi connectivity index (χ3v) is 6.28. The number of benzene rings is 3. The number of carbonyl (C=O) groups excluding carboxylic acids is 1. The smallest absolute Gasteiger partial charge is 0.293 e. The Morgan fingerprint density at radius 1 is 0.917 bits per heavy atom. The van der Waals surface area contributed by atoms with E-state index in [2.05, 4.69) is 29.5 Å². The van der Waals surface area contributed by atoms with Crippen LogP contribution in [0, 0.1) is 13.8 Å². The van der Waals surface area contributed by atoms with E-state index in [-0.39, 0.29) is 10.9 Å². The number of fused-ring (bicyclic) bond motifs is 1. The van der Waals surface area contributed by atoms with E-state index in [0.29, 0.717) is 17.3 Å². The summed E-state index contributed by atoms with van der Waals surface area (Å²) in [6.45, 7) is 6.20. The Bertz CT molecular complexity index is 1600. The summed E-state index contributed by atoms with van der Waals surface area (Å²) >= 11 is 5.36. The summed E-state index contributed by atoms with van der Waals surface area (Å²) in [5.41, 5.74) is 7.54. The zero-order valence-corrected chi connectivity index (χ0v) is 21.0. The molecule has 5 aromatic rings. The van der Waals surface area contributed by atoms with Gasteiger partial charge in [-0.1, -0.05) is 31.2 Å². The molecular formula is C29H25N3O3S. The van der Waals surface area contributed by atoms with E-state index in [1.807, 2.05) is 67.6 Å². The predicted octanol–water partition coefficient (Wildman–Crippen LogP) is 7.06. The average molecular weight is 496 g/mol. The lowest BCUT2D eigenvalue weighted by Gasteiger charge is -2.09. The van der Waals surface area contributed by atoms with E-state index >= 15 is 0 Å².